The van der Waals surface area contributed by atoms with Crippen LogP contribution >= 0.6 is 11.8 Å². The molecule has 1 atom stereocenters. The Kier molecular flexibility index (Phi) is 5.46. The molecular formula is C14H22N4O4S2. The first kappa shape index (κ1) is 17.7. The van der Waals surface area contributed by atoms with Gasteiger partial charge in [0.05, 0.1) is 12.3 Å². The molecule has 0 radical (unpaired) electrons. The Bertz CT molecular complexity index is 685. The molecule has 2 aliphatic heterocycles. The van der Waals surface area contributed by atoms with Crippen LogP contribution in [0.1, 0.15) is 37.0 Å². The Morgan fingerprint density at radius 2 is 2.08 bits per heavy atom. The van der Waals surface area contributed by atoms with Gasteiger partial charge in [0.25, 0.3) is 0 Å². The van der Waals surface area contributed by atoms with E-state index in [1.54, 1.807) is 0 Å². The second-order valence-electron chi connectivity index (χ2n) is 6.07. The van der Waals surface area contributed by atoms with E-state index in [9.17, 15) is 13.2 Å². The smallest absolute Gasteiger partial charge is 0.227 e. The van der Waals surface area contributed by atoms with Crippen molar-refractivity contribution in [3.8, 4) is 0 Å². The molecule has 1 aromatic heterocycles. The van der Waals surface area contributed by atoms with E-state index in [0.717, 1.165) is 31.0 Å². The molecule has 2 aliphatic rings. The van der Waals surface area contributed by atoms with Crippen molar-refractivity contribution in [2.45, 2.75) is 31.7 Å². The number of carbonyl (C=O) groups is 1. The van der Waals surface area contributed by atoms with E-state index in [4.69, 9.17) is 4.52 Å². The summed E-state index contributed by atoms with van der Waals surface area (Å²) in [6.07, 6.45) is 3.40. The van der Waals surface area contributed by atoms with Gasteiger partial charge < -0.3 is 9.42 Å². The molecule has 0 bridgehead atoms. The van der Waals surface area contributed by atoms with Gasteiger partial charge in [0.15, 0.2) is 5.82 Å². The van der Waals surface area contributed by atoms with Crippen molar-refractivity contribution in [1.29, 1.82) is 0 Å². The Hall–Kier alpha value is -1.13. The van der Waals surface area contributed by atoms with Crippen LogP contribution in [0.15, 0.2) is 4.52 Å². The third-order valence-electron chi connectivity index (χ3n) is 4.33. The van der Waals surface area contributed by atoms with Crippen LogP contribution in [0.4, 0.5) is 0 Å². The number of aromatic nitrogens is 2. The van der Waals surface area contributed by atoms with Gasteiger partial charge in [-0.15, -0.1) is 0 Å². The van der Waals surface area contributed by atoms with E-state index in [2.05, 4.69) is 10.1 Å². The van der Waals surface area contributed by atoms with Crippen LogP contribution in [0.2, 0.25) is 0 Å². The number of sulfonamides is 1. The molecule has 0 aliphatic carbocycles. The summed E-state index contributed by atoms with van der Waals surface area (Å²) in [5.41, 5.74) is 0. The van der Waals surface area contributed by atoms with Gasteiger partial charge in [-0.3, -0.25) is 4.79 Å². The maximum absolute atomic E-state index is 12.2. The highest BCUT2D eigenvalue weighted by Gasteiger charge is 2.35. The molecule has 2 fully saturated rings. The molecular weight excluding hydrogens is 352 g/mol. The van der Waals surface area contributed by atoms with E-state index in [1.165, 1.54) is 10.6 Å². The summed E-state index contributed by atoms with van der Waals surface area (Å²) in [6, 6.07) is -0.354. The van der Waals surface area contributed by atoms with Gasteiger partial charge in [0.1, 0.15) is 0 Å². The second-order valence-corrected chi connectivity index (χ2v) is 9.23. The average Bonchev–Trinajstić information content (AvgIpc) is 3.21. The van der Waals surface area contributed by atoms with Crippen LogP contribution in [-0.4, -0.2) is 71.1 Å². The highest BCUT2D eigenvalue weighted by Crippen LogP contribution is 2.32. The summed E-state index contributed by atoms with van der Waals surface area (Å²) in [4.78, 5) is 18.3. The van der Waals surface area contributed by atoms with Crippen molar-refractivity contribution in [1.82, 2.24) is 19.3 Å². The SMILES string of the molecule is CS(=O)(=O)N1CCCC1c1noc(CCC(=O)N2CCSCC2)n1. The number of thioether (sulfide) groups is 1. The number of nitrogens with zero attached hydrogens (tertiary/aromatic N) is 4. The van der Waals surface area contributed by atoms with E-state index in [1.807, 2.05) is 16.7 Å². The van der Waals surface area contributed by atoms with E-state index >= 15 is 0 Å². The summed E-state index contributed by atoms with van der Waals surface area (Å²) in [5.74, 6) is 2.87. The van der Waals surface area contributed by atoms with Crippen LogP contribution in [-0.2, 0) is 21.2 Å². The lowest BCUT2D eigenvalue weighted by molar-refractivity contribution is -0.130. The molecule has 1 unspecified atom stereocenters. The average molecular weight is 374 g/mol. The molecule has 2 saturated heterocycles. The van der Waals surface area contributed by atoms with Crippen molar-refractivity contribution in [3.63, 3.8) is 0 Å². The predicted molar refractivity (Wildman–Crippen MR) is 90.0 cm³/mol. The first-order valence-electron chi connectivity index (χ1n) is 8.10. The number of rotatable bonds is 5. The van der Waals surface area contributed by atoms with Gasteiger partial charge in [-0.25, -0.2) is 8.42 Å². The highest BCUT2D eigenvalue weighted by molar-refractivity contribution is 7.99. The molecule has 0 N–H and O–H groups in total. The monoisotopic (exact) mass is 374 g/mol. The first-order chi connectivity index (χ1) is 11.4. The number of amides is 1. The summed E-state index contributed by atoms with van der Waals surface area (Å²) >= 11 is 1.86. The topological polar surface area (TPSA) is 96.6 Å². The zero-order valence-electron chi connectivity index (χ0n) is 13.7. The second kappa shape index (κ2) is 7.40. The van der Waals surface area contributed by atoms with Gasteiger partial charge in [0, 0.05) is 44.0 Å². The highest BCUT2D eigenvalue weighted by atomic mass is 32.2. The zero-order valence-corrected chi connectivity index (χ0v) is 15.3. The molecule has 0 spiro atoms. The van der Waals surface area contributed by atoms with Gasteiger partial charge >= 0.3 is 0 Å². The minimum Gasteiger partial charge on any atom is -0.341 e. The minimum atomic E-state index is -3.28. The normalized spacial score (nSPS) is 22.9. The van der Waals surface area contributed by atoms with E-state index in [-0.39, 0.29) is 11.9 Å². The Balaban J connectivity index is 1.58. The maximum atomic E-state index is 12.2. The van der Waals surface area contributed by atoms with E-state index < -0.39 is 10.0 Å². The fraction of sp³-hybridized carbons (Fsp3) is 0.786. The van der Waals surface area contributed by atoms with Crippen molar-refractivity contribution < 1.29 is 17.7 Å². The fourth-order valence-corrected chi connectivity index (χ4v) is 5.11. The zero-order chi connectivity index (χ0) is 17.2. The van der Waals surface area contributed by atoms with Gasteiger partial charge in [-0.05, 0) is 12.8 Å². The Morgan fingerprint density at radius 3 is 2.79 bits per heavy atom. The van der Waals surface area contributed by atoms with Crippen LogP contribution in [0.25, 0.3) is 0 Å². The molecule has 3 heterocycles. The van der Waals surface area contributed by atoms with Crippen molar-refractivity contribution in [2.24, 2.45) is 0 Å². The van der Waals surface area contributed by atoms with Crippen LogP contribution in [0.5, 0.6) is 0 Å². The first-order valence-corrected chi connectivity index (χ1v) is 11.1. The molecule has 10 heteroatoms. The number of hydrogen-bond donors (Lipinski definition) is 0. The Morgan fingerprint density at radius 1 is 1.33 bits per heavy atom. The summed E-state index contributed by atoms with van der Waals surface area (Å²) < 4.78 is 30.2. The number of hydrogen-bond acceptors (Lipinski definition) is 7. The lowest BCUT2D eigenvalue weighted by Gasteiger charge is -2.26. The number of aryl methyl sites for hydroxylation is 1. The fourth-order valence-electron chi connectivity index (χ4n) is 3.08. The van der Waals surface area contributed by atoms with Gasteiger partial charge in [0.2, 0.25) is 21.8 Å². The van der Waals surface area contributed by atoms with Crippen LogP contribution in [0.3, 0.4) is 0 Å². The lowest BCUT2D eigenvalue weighted by Crippen LogP contribution is -2.38. The van der Waals surface area contributed by atoms with Gasteiger partial charge in [-0.1, -0.05) is 5.16 Å². The molecule has 24 heavy (non-hydrogen) atoms. The molecule has 1 amide bonds. The van der Waals surface area contributed by atoms with E-state index in [0.29, 0.717) is 37.5 Å². The molecule has 134 valence electrons. The minimum absolute atomic E-state index is 0.105. The molecule has 1 aromatic rings. The number of carbonyl (C=O) groups excluding carboxylic acids is 1. The third kappa shape index (κ3) is 4.09. The largest absolute Gasteiger partial charge is 0.341 e. The van der Waals surface area contributed by atoms with Crippen molar-refractivity contribution >= 4 is 27.7 Å². The van der Waals surface area contributed by atoms with Crippen LogP contribution < -0.4 is 0 Å². The molecule has 8 nitrogen and oxygen atoms in total. The quantitative estimate of drug-likeness (QED) is 0.747. The molecule has 0 aromatic carbocycles. The molecule has 0 saturated carbocycles. The predicted octanol–water partition coefficient (Wildman–Crippen LogP) is 0.674. The lowest BCUT2D eigenvalue weighted by atomic mass is 10.2. The van der Waals surface area contributed by atoms with Crippen LogP contribution in [0, 0.1) is 0 Å². The van der Waals surface area contributed by atoms with Crippen molar-refractivity contribution in [2.75, 3.05) is 37.4 Å². The summed E-state index contributed by atoms with van der Waals surface area (Å²) in [5, 5.41) is 3.93. The summed E-state index contributed by atoms with van der Waals surface area (Å²) in [7, 11) is -3.28. The standard InChI is InChI=1S/C14H22N4O4S2/c1-24(20,21)18-6-2-3-11(18)14-15-12(22-16-14)4-5-13(19)17-7-9-23-10-8-17/h11H,2-10H2,1H3. The third-order valence-corrected chi connectivity index (χ3v) is 6.56. The van der Waals surface area contributed by atoms with Crippen molar-refractivity contribution in [3.05, 3.63) is 11.7 Å². The Labute approximate surface area is 146 Å². The van der Waals surface area contributed by atoms with Gasteiger partial charge in [-0.2, -0.15) is 21.1 Å². The maximum Gasteiger partial charge on any atom is 0.227 e. The molecule has 3 rings (SSSR count). The summed E-state index contributed by atoms with van der Waals surface area (Å²) in [6.45, 7) is 2.08.